The number of sulfonamides is 1. The van der Waals surface area contributed by atoms with Gasteiger partial charge in [0, 0.05) is 24.0 Å². The van der Waals surface area contributed by atoms with Gasteiger partial charge in [-0.2, -0.15) is 5.10 Å². The molecule has 2 N–H and O–H groups in total. The Kier molecular flexibility index (Phi) is 7.24. The minimum atomic E-state index is -3.46. The van der Waals surface area contributed by atoms with Crippen LogP contribution in [-0.2, 0) is 15.8 Å². The maximum absolute atomic E-state index is 13.3. The van der Waals surface area contributed by atoms with E-state index in [-0.39, 0.29) is 18.2 Å². The lowest BCUT2D eigenvalue weighted by atomic mass is 10.1. The van der Waals surface area contributed by atoms with E-state index in [0.29, 0.717) is 22.5 Å². The molecule has 0 fully saturated rings. The van der Waals surface area contributed by atoms with Crippen LogP contribution >= 0.6 is 0 Å². The zero-order valence-electron chi connectivity index (χ0n) is 19.3. The van der Waals surface area contributed by atoms with Crippen molar-refractivity contribution in [3.63, 3.8) is 0 Å². The molecule has 0 aliphatic rings. The van der Waals surface area contributed by atoms with Gasteiger partial charge in [-0.1, -0.05) is 60.2 Å². The largest absolute Gasteiger partial charge is 0.322 e. The first-order chi connectivity index (χ1) is 16.8. The fourth-order valence-corrected chi connectivity index (χ4v) is 4.70. The van der Waals surface area contributed by atoms with Gasteiger partial charge in [-0.3, -0.25) is 4.79 Å². The molecule has 35 heavy (non-hydrogen) atoms. The molecule has 0 spiro atoms. The number of hydrogen-bond acceptors (Lipinski definition) is 4. The van der Waals surface area contributed by atoms with E-state index in [4.69, 9.17) is 5.10 Å². The Labute approximate surface area is 205 Å². The molecule has 8 heteroatoms. The number of aromatic nitrogens is 2. The summed E-state index contributed by atoms with van der Waals surface area (Å²) >= 11 is 0. The molecular formula is C27H26N4O3S. The number of aryl methyl sites for hydroxylation is 1. The third kappa shape index (κ3) is 6.11. The van der Waals surface area contributed by atoms with E-state index in [1.165, 1.54) is 6.08 Å². The molecule has 0 saturated heterocycles. The SMILES string of the molecule is C=CCNS(=O)(=O)Cc1ccc(NC(=O)c2cn(-c3ccccc3)nc2-c2cccc(C)c2)cc1. The van der Waals surface area contributed by atoms with E-state index in [1.54, 1.807) is 35.1 Å². The average molecular weight is 487 g/mol. The molecule has 1 aromatic heterocycles. The van der Waals surface area contributed by atoms with Gasteiger partial charge in [0.2, 0.25) is 10.0 Å². The summed E-state index contributed by atoms with van der Waals surface area (Å²) in [6.45, 7) is 5.68. The summed E-state index contributed by atoms with van der Waals surface area (Å²) < 4.78 is 28.3. The lowest BCUT2D eigenvalue weighted by Crippen LogP contribution is -2.25. The monoisotopic (exact) mass is 486 g/mol. The summed E-state index contributed by atoms with van der Waals surface area (Å²) in [5.41, 5.74) is 4.92. The quantitative estimate of drug-likeness (QED) is 0.335. The molecule has 178 valence electrons. The Morgan fingerprint density at radius 2 is 1.77 bits per heavy atom. The van der Waals surface area contributed by atoms with Crippen molar-refractivity contribution >= 4 is 21.6 Å². The number of carbonyl (C=O) groups is 1. The second kappa shape index (κ2) is 10.5. The Morgan fingerprint density at radius 3 is 2.46 bits per heavy atom. The van der Waals surface area contributed by atoms with E-state index in [2.05, 4.69) is 16.6 Å². The van der Waals surface area contributed by atoms with E-state index >= 15 is 0 Å². The molecule has 0 aliphatic carbocycles. The van der Waals surface area contributed by atoms with Gasteiger partial charge < -0.3 is 5.32 Å². The summed E-state index contributed by atoms with van der Waals surface area (Å²) in [4.78, 5) is 13.3. The summed E-state index contributed by atoms with van der Waals surface area (Å²) in [7, 11) is -3.46. The zero-order valence-corrected chi connectivity index (χ0v) is 20.1. The van der Waals surface area contributed by atoms with Crippen molar-refractivity contribution in [1.82, 2.24) is 14.5 Å². The van der Waals surface area contributed by atoms with E-state index in [9.17, 15) is 13.2 Å². The number of amides is 1. The normalized spacial score (nSPS) is 11.2. The van der Waals surface area contributed by atoms with Crippen LogP contribution in [0.3, 0.4) is 0 Å². The van der Waals surface area contributed by atoms with Crippen LogP contribution in [0.4, 0.5) is 5.69 Å². The van der Waals surface area contributed by atoms with Gasteiger partial charge >= 0.3 is 0 Å². The van der Waals surface area contributed by atoms with Crippen LogP contribution in [0.25, 0.3) is 16.9 Å². The molecule has 0 atom stereocenters. The first kappa shape index (κ1) is 24.1. The first-order valence-corrected chi connectivity index (χ1v) is 12.7. The molecule has 0 radical (unpaired) electrons. The number of nitrogens with one attached hydrogen (secondary N) is 2. The van der Waals surface area contributed by atoms with Crippen LogP contribution in [0.2, 0.25) is 0 Å². The van der Waals surface area contributed by atoms with Crippen molar-refractivity contribution in [1.29, 1.82) is 0 Å². The van der Waals surface area contributed by atoms with Crippen molar-refractivity contribution < 1.29 is 13.2 Å². The van der Waals surface area contributed by atoms with Gasteiger partial charge in [0.1, 0.15) is 5.69 Å². The number of hydrogen-bond donors (Lipinski definition) is 2. The summed E-state index contributed by atoms with van der Waals surface area (Å²) in [5, 5.41) is 7.61. The van der Waals surface area contributed by atoms with Crippen LogP contribution in [0.15, 0.2) is 97.7 Å². The van der Waals surface area contributed by atoms with Crippen LogP contribution < -0.4 is 10.0 Å². The number of benzene rings is 3. The van der Waals surface area contributed by atoms with Crippen molar-refractivity contribution in [2.45, 2.75) is 12.7 Å². The Balaban J connectivity index is 1.59. The van der Waals surface area contributed by atoms with Gasteiger partial charge in [-0.25, -0.2) is 17.8 Å². The van der Waals surface area contributed by atoms with Crippen molar-refractivity contribution in [2.75, 3.05) is 11.9 Å². The predicted molar refractivity (Wildman–Crippen MR) is 139 cm³/mol. The van der Waals surface area contributed by atoms with Crippen LogP contribution in [0.5, 0.6) is 0 Å². The Hall–Kier alpha value is -4.01. The molecular weight excluding hydrogens is 460 g/mol. The smallest absolute Gasteiger partial charge is 0.259 e. The molecule has 4 rings (SSSR count). The second-order valence-corrected chi connectivity index (χ2v) is 9.90. The van der Waals surface area contributed by atoms with Crippen LogP contribution in [0, 0.1) is 6.92 Å². The summed E-state index contributed by atoms with van der Waals surface area (Å²) in [6.07, 6.45) is 3.20. The van der Waals surface area contributed by atoms with Crippen molar-refractivity contribution in [2.24, 2.45) is 0 Å². The minimum Gasteiger partial charge on any atom is -0.322 e. The van der Waals surface area contributed by atoms with Gasteiger partial charge in [-0.05, 0) is 42.8 Å². The highest BCUT2D eigenvalue weighted by Gasteiger charge is 2.19. The van der Waals surface area contributed by atoms with Gasteiger partial charge in [0.25, 0.3) is 5.91 Å². The number of anilines is 1. The lowest BCUT2D eigenvalue weighted by molar-refractivity contribution is 0.102. The molecule has 4 aromatic rings. The molecule has 0 bridgehead atoms. The first-order valence-electron chi connectivity index (χ1n) is 11.1. The third-order valence-corrected chi connectivity index (χ3v) is 6.61. The number of nitrogens with zero attached hydrogens (tertiary/aromatic N) is 2. The minimum absolute atomic E-state index is 0.156. The highest BCUT2D eigenvalue weighted by Crippen LogP contribution is 2.26. The van der Waals surface area contributed by atoms with E-state index in [0.717, 1.165) is 16.8 Å². The van der Waals surface area contributed by atoms with Gasteiger partial charge in [0.15, 0.2) is 0 Å². The maximum Gasteiger partial charge on any atom is 0.259 e. The molecule has 0 aliphatic heterocycles. The highest BCUT2D eigenvalue weighted by molar-refractivity contribution is 7.88. The molecule has 0 unspecified atom stereocenters. The molecule has 1 amide bonds. The molecule has 1 heterocycles. The fraction of sp³-hybridized carbons (Fsp3) is 0.111. The van der Waals surface area contributed by atoms with E-state index < -0.39 is 10.0 Å². The number of para-hydroxylation sites is 1. The second-order valence-electron chi connectivity index (χ2n) is 8.09. The zero-order chi connectivity index (χ0) is 24.8. The summed E-state index contributed by atoms with van der Waals surface area (Å²) in [5.74, 6) is -0.465. The summed E-state index contributed by atoms with van der Waals surface area (Å²) in [6, 6.07) is 24.2. The highest BCUT2D eigenvalue weighted by atomic mass is 32.2. The molecule has 3 aromatic carbocycles. The van der Waals surface area contributed by atoms with Crippen LogP contribution in [0.1, 0.15) is 21.5 Å². The van der Waals surface area contributed by atoms with Crippen molar-refractivity contribution in [3.05, 3.63) is 114 Å². The van der Waals surface area contributed by atoms with Crippen LogP contribution in [-0.4, -0.2) is 30.7 Å². The predicted octanol–water partition coefficient (Wildman–Crippen LogP) is 4.71. The number of rotatable bonds is 9. The standard InChI is InChI=1S/C27H26N4O3S/c1-3-16-28-35(33,34)19-21-12-14-23(15-13-21)29-27(32)25-18-31(24-10-5-4-6-11-24)30-26(25)22-9-7-8-20(2)17-22/h3-15,17-18,28H,1,16,19H2,2H3,(H,29,32). The van der Waals surface area contributed by atoms with Gasteiger partial charge in [0.05, 0.1) is 17.0 Å². The molecule has 7 nitrogen and oxygen atoms in total. The lowest BCUT2D eigenvalue weighted by Gasteiger charge is -2.08. The van der Waals surface area contributed by atoms with E-state index in [1.807, 2.05) is 61.5 Å². The Morgan fingerprint density at radius 1 is 1.03 bits per heavy atom. The van der Waals surface area contributed by atoms with Gasteiger partial charge in [-0.15, -0.1) is 6.58 Å². The number of carbonyl (C=O) groups excluding carboxylic acids is 1. The third-order valence-electron chi connectivity index (χ3n) is 5.29. The average Bonchev–Trinajstić information content (AvgIpc) is 3.30. The molecule has 0 saturated carbocycles. The van der Waals surface area contributed by atoms with Crippen molar-refractivity contribution in [3.8, 4) is 16.9 Å². The topological polar surface area (TPSA) is 93.1 Å². The maximum atomic E-state index is 13.3. The fourth-order valence-electron chi connectivity index (χ4n) is 3.60. The Bertz CT molecular complexity index is 1440.